The molecule has 1 aromatic heterocycles. The summed E-state index contributed by atoms with van der Waals surface area (Å²) in [6.45, 7) is 1.05. The summed E-state index contributed by atoms with van der Waals surface area (Å²) in [5.74, 6) is -1.10. The Morgan fingerprint density at radius 1 is 1.47 bits per heavy atom. The smallest absolute Gasteiger partial charge is 0.358 e. The predicted octanol–water partition coefficient (Wildman–Crippen LogP) is -0.485. The SMILES string of the molecule is CN(C)C(=O)N1CC(n2cc(C(=O)O)nn2)C1. The van der Waals surface area contributed by atoms with Crippen molar-refractivity contribution in [2.24, 2.45) is 0 Å². The molecule has 0 radical (unpaired) electrons. The van der Waals surface area contributed by atoms with E-state index >= 15 is 0 Å². The van der Waals surface area contributed by atoms with E-state index in [0.717, 1.165) is 0 Å². The molecule has 0 bridgehead atoms. The van der Waals surface area contributed by atoms with E-state index in [2.05, 4.69) is 10.3 Å². The quantitative estimate of drug-likeness (QED) is 0.752. The van der Waals surface area contributed by atoms with Crippen LogP contribution in [0.3, 0.4) is 0 Å². The molecule has 1 aromatic rings. The molecular formula is C9H13N5O3. The van der Waals surface area contributed by atoms with E-state index in [1.807, 2.05) is 0 Å². The first-order valence-corrected chi connectivity index (χ1v) is 5.10. The van der Waals surface area contributed by atoms with Crippen molar-refractivity contribution in [3.8, 4) is 0 Å². The first kappa shape index (κ1) is 11.4. The summed E-state index contributed by atoms with van der Waals surface area (Å²) >= 11 is 0. The average molecular weight is 239 g/mol. The first-order chi connectivity index (χ1) is 7.99. The third-order valence-corrected chi connectivity index (χ3v) is 2.62. The summed E-state index contributed by atoms with van der Waals surface area (Å²) in [5.41, 5.74) is -0.0811. The number of rotatable bonds is 2. The number of hydrogen-bond donors (Lipinski definition) is 1. The lowest BCUT2D eigenvalue weighted by atomic mass is 10.1. The van der Waals surface area contributed by atoms with Crippen molar-refractivity contribution in [1.82, 2.24) is 24.8 Å². The Kier molecular flexibility index (Phi) is 2.70. The Morgan fingerprint density at radius 2 is 2.12 bits per heavy atom. The Labute approximate surface area is 97.4 Å². The molecule has 2 rings (SSSR count). The second-order valence-corrected chi connectivity index (χ2v) is 4.12. The van der Waals surface area contributed by atoms with Crippen molar-refractivity contribution >= 4 is 12.0 Å². The fourth-order valence-corrected chi connectivity index (χ4v) is 1.61. The van der Waals surface area contributed by atoms with Gasteiger partial charge in [0.2, 0.25) is 0 Å². The molecule has 2 amide bonds. The summed E-state index contributed by atoms with van der Waals surface area (Å²) in [4.78, 5) is 25.3. The fourth-order valence-electron chi connectivity index (χ4n) is 1.61. The number of aromatic nitrogens is 3. The molecule has 0 unspecified atom stereocenters. The maximum atomic E-state index is 11.5. The van der Waals surface area contributed by atoms with Crippen LogP contribution in [0, 0.1) is 0 Å². The Balaban J connectivity index is 1.95. The van der Waals surface area contributed by atoms with Crippen LogP contribution in [0.4, 0.5) is 4.79 Å². The Bertz CT molecular complexity index is 449. The van der Waals surface area contributed by atoms with E-state index in [9.17, 15) is 9.59 Å². The van der Waals surface area contributed by atoms with E-state index in [1.165, 1.54) is 15.8 Å². The summed E-state index contributed by atoms with van der Waals surface area (Å²) in [6, 6.07) is -0.0423. The highest BCUT2D eigenvalue weighted by Crippen LogP contribution is 2.21. The van der Waals surface area contributed by atoms with Crippen LogP contribution in [0.25, 0.3) is 0 Å². The van der Waals surface area contributed by atoms with Gasteiger partial charge < -0.3 is 14.9 Å². The first-order valence-electron chi connectivity index (χ1n) is 5.10. The minimum Gasteiger partial charge on any atom is -0.476 e. The van der Waals surface area contributed by atoms with Crippen molar-refractivity contribution < 1.29 is 14.7 Å². The number of likely N-dealkylation sites (tertiary alicyclic amines) is 1. The van der Waals surface area contributed by atoms with Crippen LogP contribution in [-0.4, -0.2) is 69.1 Å². The topological polar surface area (TPSA) is 91.6 Å². The van der Waals surface area contributed by atoms with Crippen molar-refractivity contribution in [3.05, 3.63) is 11.9 Å². The number of nitrogens with zero attached hydrogens (tertiary/aromatic N) is 5. The van der Waals surface area contributed by atoms with E-state index < -0.39 is 5.97 Å². The molecule has 0 atom stereocenters. The normalized spacial score (nSPS) is 15.5. The minimum atomic E-state index is -1.10. The van der Waals surface area contributed by atoms with Gasteiger partial charge in [0, 0.05) is 27.2 Å². The molecule has 0 saturated carbocycles. The predicted molar refractivity (Wildman–Crippen MR) is 56.7 cm³/mol. The lowest BCUT2D eigenvalue weighted by Gasteiger charge is -2.39. The number of aromatic carboxylic acids is 1. The molecule has 8 heteroatoms. The summed E-state index contributed by atoms with van der Waals surface area (Å²) < 4.78 is 1.49. The molecule has 92 valence electrons. The van der Waals surface area contributed by atoms with E-state index in [4.69, 9.17) is 5.11 Å². The van der Waals surface area contributed by atoms with Gasteiger partial charge in [0.15, 0.2) is 5.69 Å². The van der Waals surface area contributed by atoms with Gasteiger partial charge in [-0.25, -0.2) is 14.3 Å². The molecule has 0 spiro atoms. The largest absolute Gasteiger partial charge is 0.476 e. The highest BCUT2D eigenvalue weighted by atomic mass is 16.4. The highest BCUT2D eigenvalue weighted by molar-refractivity contribution is 5.84. The van der Waals surface area contributed by atoms with Gasteiger partial charge in [0.05, 0.1) is 12.2 Å². The van der Waals surface area contributed by atoms with Crippen LogP contribution in [0.1, 0.15) is 16.5 Å². The maximum absolute atomic E-state index is 11.5. The molecule has 2 heterocycles. The second-order valence-electron chi connectivity index (χ2n) is 4.12. The number of carbonyl (C=O) groups excluding carboxylic acids is 1. The number of carbonyl (C=O) groups is 2. The van der Waals surface area contributed by atoms with E-state index in [0.29, 0.717) is 13.1 Å². The minimum absolute atomic E-state index is 0.0134. The number of urea groups is 1. The van der Waals surface area contributed by atoms with Crippen molar-refractivity contribution in [3.63, 3.8) is 0 Å². The molecule has 0 aromatic carbocycles. The lowest BCUT2D eigenvalue weighted by molar-refractivity contribution is 0.0689. The maximum Gasteiger partial charge on any atom is 0.358 e. The fraction of sp³-hybridized carbons (Fsp3) is 0.556. The molecule has 17 heavy (non-hydrogen) atoms. The van der Waals surface area contributed by atoms with Gasteiger partial charge in [-0.2, -0.15) is 0 Å². The van der Waals surface area contributed by atoms with Crippen molar-refractivity contribution in [2.45, 2.75) is 6.04 Å². The highest BCUT2D eigenvalue weighted by Gasteiger charge is 2.33. The van der Waals surface area contributed by atoms with Gasteiger partial charge in [-0.05, 0) is 0 Å². The standard InChI is InChI=1S/C9H13N5O3/c1-12(2)9(17)13-3-6(4-13)14-5-7(8(15)16)10-11-14/h5-6H,3-4H2,1-2H3,(H,15,16). The molecule has 8 nitrogen and oxygen atoms in total. The molecular weight excluding hydrogens is 226 g/mol. The Hall–Kier alpha value is -2.12. The molecule has 1 aliphatic heterocycles. The van der Waals surface area contributed by atoms with Crippen LogP contribution < -0.4 is 0 Å². The molecule has 1 fully saturated rings. The zero-order valence-electron chi connectivity index (χ0n) is 9.57. The van der Waals surface area contributed by atoms with Gasteiger partial charge in [-0.15, -0.1) is 5.10 Å². The number of hydrogen-bond acceptors (Lipinski definition) is 4. The van der Waals surface area contributed by atoms with Crippen LogP contribution in [0.15, 0.2) is 6.20 Å². The summed E-state index contributed by atoms with van der Waals surface area (Å²) in [7, 11) is 3.38. The summed E-state index contributed by atoms with van der Waals surface area (Å²) in [6.07, 6.45) is 1.38. The van der Waals surface area contributed by atoms with Gasteiger partial charge >= 0.3 is 12.0 Å². The van der Waals surface area contributed by atoms with Crippen molar-refractivity contribution in [2.75, 3.05) is 27.2 Å². The molecule has 1 N–H and O–H groups in total. The van der Waals surface area contributed by atoms with E-state index in [1.54, 1.807) is 19.0 Å². The third-order valence-electron chi connectivity index (χ3n) is 2.62. The molecule has 1 saturated heterocycles. The van der Waals surface area contributed by atoms with Crippen LogP contribution in [0.5, 0.6) is 0 Å². The number of carboxylic acid groups (broad SMARTS) is 1. The zero-order valence-corrected chi connectivity index (χ0v) is 9.57. The van der Waals surface area contributed by atoms with Crippen LogP contribution in [-0.2, 0) is 0 Å². The Morgan fingerprint density at radius 3 is 2.59 bits per heavy atom. The summed E-state index contributed by atoms with van der Waals surface area (Å²) in [5, 5.41) is 16.0. The van der Waals surface area contributed by atoms with Crippen molar-refractivity contribution in [1.29, 1.82) is 0 Å². The number of carboxylic acids is 1. The third kappa shape index (κ3) is 2.05. The van der Waals surface area contributed by atoms with Crippen LogP contribution in [0.2, 0.25) is 0 Å². The molecule has 0 aliphatic carbocycles. The van der Waals surface area contributed by atoms with Crippen LogP contribution >= 0.6 is 0 Å². The number of amides is 2. The van der Waals surface area contributed by atoms with Gasteiger partial charge in [0.25, 0.3) is 0 Å². The van der Waals surface area contributed by atoms with Gasteiger partial charge in [0.1, 0.15) is 0 Å². The molecule has 1 aliphatic rings. The van der Waals surface area contributed by atoms with E-state index in [-0.39, 0.29) is 17.8 Å². The van der Waals surface area contributed by atoms with Gasteiger partial charge in [-0.3, -0.25) is 0 Å². The lowest BCUT2D eigenvalue weighted by Crippen LogP contribution is -2.54. The monoisotopic (exact) mass is 239 g/mol. The second kappa shape index (κ2) is 4.04. The van der Waals surface area contributed by atoms with Gasteiger partial charge in [-0.1, -0.05) is 5.21 Å². The zero-order chi connectivity index (χ0) is 12.6. The average Bonchev–Trinajstić information content (AvgIpc) is 2.64.